The van der Waals surface area contributed by atoms with Crippen molar-refractivity contribution in [3.8, 4) is 0 Å². The highest BCUT2D eigenvalue weighted by Crippen LogP contribution is 2.27. The van der Waals surface area contributed by atoms with Crippen LogP contribution in [0.1, 0.15) is 31.9 Å². The number of halogens is 2. The van der Waals surface area contributed by atoms with E-state index in [9.17, 15) is 0 Å². The third kappa shape index (κ3) is 3.35. The molecule has 0 bridgehead atoms. The maximum Gasteiger partial charge on any atom is 0.134 e. The van der Waals surface area contributed by atoms with Crippen molar-refractivity contribution in [1.29, 1.82) is 0 Å². The predicted molar refractivity (Wildman–Crippen MR) is 80.4 cm³/mol. The normalized spacial score (nSPS) is 12.5. The average Bonchev–Trinajstić information content (AvgIpc) is 2.27. The lowest BCUT2D eigenvalue weighted by atomic mass is 9.98. The van der Waals surface area contributed by atoms with Crippen LogP contribution in [0, 0.1) is 5.92 Å². The van der Waals surface area contributed by atoms with Gasteiger partial charge in [0.2, 0.25) is 0 Å². The molecule has 0 aliphatic rings. The number of benzene rings is 1. The molecule has 2 nitrogen and oxygen atoms in total. The Morgan fingerprint density at radius 2 is 1.94 bits per heavy atom. The first kappa shape index (κ1) is 15.2. The van der Waals surface area contributed by atoms with Crippen molar-refractivity contribution < 1.29 is 0 Å². The minimum Gasteiger partial charge on any atom is -0.324 e. The Bertz CT molecular complexity index is 526. The van der Waals surface area contributed by atoms with E-state index in [4.69, 9.17) is 17.3 Å². The fourth-order valence-corrected chi connectivity index (χ4v) is 2.29. The average molecular weight is 285 g/mol. The van der Waals surface area contributed by atoms with E-state index in [0.717, 1.165) is 22.9 Å². The molecule has 0 radical (unpaired) electrons. The van der Waals surface area contributed by atoms with Crippen molar-refractivity contribution in [3.05, 3.63) is 41.0 Å². The molecular weight excluding hydrogens is 267 g/mol. The van der Waals surface area contributed by atoms with Crippen LogP contribution in [0.4, 0.5) is 0 Å². The van der Waals surface area contributed by atoms with Gasteiger partial charge < -0.3 is 5.73 Å². The minimum atomic E-state index is -0.0420. The molecule has 1 atom stereocenters. The molecular formula is C14H18Cl2N2. The standard InChI is InChI=1S/C14H17ClN2.ClH/c1-9(2)7-12(16)11-8-10-5-3-4-6-13(10)17-14(11)15;/h3-6,8-9,12H,7,16H2,1-2H3;1H/t12-;/m0./s1. The van der Waals surface area contributed by atoms with Gasteiger partial charge in [0, 0.05) is 17.0 Å². The second-order valence-electron chi connectivity index (χ2n) is 4.80. The summed E-state index contributed by atoms with van der Waals surface area (Å²) in [6, 6.07) is 9.95. The van der Waals surface area contributed by atoms with Crippen molar-refractivity contribution in [1.82, 2.24) is 4.98 Å². The smallest absolute Gasteiger partial charge is 0.134 e. The van der Waals surface area contributed by atoms with Gasteiger partial charge in [-0.2, -0.15) is 0 Å². The number of pyridine rings is 1. The molecule has 1 heterocycles. The van der Waals surface area contributed by atoms with Gasteiger partial charge in [-0.15, -0.1) is 12.4 Å². The molecule has 0 unspecified atom stereocenters. The highest BCUT2D eigenvalue weighted by Gasteiger charge is 2.13. The summed E-state index contributed by atoms with van der Waals surface area (Å²) >= 11 is 6.19. The van der Waals surface area contributed by atoms with Crippen LogP contribution in [0.2, 0.25) is 5.15 Å². The van der Waals surface area contributed by atoms with Crippen LogP contribution in [0.3, 0.4) is 0 Å². The Morgan fingerprint density at radius 1 is 1.28 bits per heavy atom. The number of nitrogens with zero attached hydrogens (tertiary/aromatic N) is 1. The Balaban J connectivity index is 0.00000162. The Hall–Kier alpha value is -0.830. The number of rotatable bonds is 3. The zero-order valence-corrected chi connectivity index (χ0v) is 12.1. The molecule has 2 aromatic rings. The molecule has 0 aliphatic carbocycles. The fourth-order valence-electron chi connectivity index (χ4n) is 2.00. The van der Waals surface area contributed by atoms with Crippen molar-refractivity contribution >= 4 is 34.9 Å². The Morgan fingerprint density at radius 3 is 2.61 bits per heavy atom. The van der Waals surface area contributed by atoms with Crippen LogP contribution in [0.25, 0.3) is 10.9 Å². The molecule has 2 rings (SSSR count). The number of hydrogen-bond donors (Lipinski definition) is 1. The molecule has 2 N–H and O–H groups in total. The summed E-state index contributed by atoms with van der Waals surface area (Å²) in [6.45, 7) is 4.31. The van der Waals surface area contributed by atoms with Gasteiger partial charge in [0.1, 0.15) is 5.15 Å². The monoisotopic (exact) mass is 284 g/mol. The zero-order chi connectivity index (χ0) is 12.4. The van der Waals surface area contributed by atoms with Gasteiger partial charge in [-0.25, -0.2) is 4.98 Å². The van der Waals surface area contributed by atoms with Crippen LogP contribution in [0.5, 0.6) is 0 Å². The van der Waals surface area contributed by atoms with Gasteiger partial charge in [-0.1, -0.05) is 43.6 Å². The number of fused-ring (bicyclic) bond motifs is 1. The van der Waals surface area contributed by atoms with Gasteiger partial charge in [-0.3, -0.25) is 0 Å². The van der Waals surface area contributed by atoms with Gasteiger partial charge in [0.15, 0.2) is 0 Å². The molecule has 0 saturated carbocycles. The van der Waals surface area contributed by atoms with Gasteiger partial charge in [-0.05, 0) is 24.5 Å². The van der Waals surface area contributed by atoms with Crippen LogP contribution < -0.4 is 5.73 Å². The van der Waals surface area contributed by atoms with Crippen LogP contribution in [0.15, 0.2) is 30.3 Å². The van der Waals surface area contributed by atoms with E-state index in [-0.39, 0.29) is 18.4 Å². The number of nitrogens with two attached hydrogens (primary N) is 1. The lowest BCUT2D eigenvalue weighted by Gasteiger charge is -2.16. The second-order valence-corrected chi connectivity index (χ2v) is 5.16. The molecule has 0 amide bonds. The maximum atomic E-state index is 6.19. The summed E-state index contributed by atoms with van der Waals surface area (Å²) < 4.78 is 0. The van der Waals surface area contributed by atoms with Crippen molar-refractivity contribution in [2.24, 2.45) is 11.7 Å². The number of para-hydroxylation sites is 1. The van der Waals surface area contributed by atoms with Gasteiger partial charge >= 0.3 is 0 Å². The highest BCUT2D eigenvalue weighted by molar-refractivity contribution is 6.30. The Labute approximate surface area is 119 Å². The van der Waals surface area contributed by atoms with E-state index in [1.165, 1.54) is 0 Å². The van der Waals surface area contributed by atoms with E-state index in [2.05, 4.69) is 24.9 Å². The van der Waals surface area contributed by atoms with Crippen molar-refractivity contribution in [2.45, 2.75) is 26.3 Å². The molecule has 98 valence electrons. The minimum absolute atomic E-state index is 0. The number of aromatic nitrogens is 1. The van der Waals surface area contributed by atoms with Crippen LogP contribution in [-0.4, -0.2) is 4.98 Å². The summed E-state index contributed by atoms with van der Waals surface area (Å²) in [5.41, 5.74) is 8.02. The molecule has 0 aliphatic heterocycles. The maximum absolute atomic E-state index is 6.19. The summed E-state index contributed by atoms with van der Waals surface area (Å²) in [6.07, 6.45) is 0.916. The topological polar surface area (TPSA) is 38.9 Å². The third-order valence-corrected chi connectivity index (χ3v) is 3.13. The largest absolute Gasteiger partial charge is 0.324 e. The summed E-state index contributed by atoms with van der Waals surface area (Å²) in [5.74, 6) is 0.549. The van der Waals surface area contributed by atoms with Gasteiger partial charge in [0.05, 0.1) is 5.52 Å². The molecule has 1 aromatic carbocycles. The van der Waals surface area contributed by atoms with E-state index in [1.54, 1.807) is 0 Å². The van der Waals surface area contributed by atoms with Crippen LogP contribution >= 0.6 is 24.0 Å². The van der Waals surface area contributed by atoms with E-state index in [1.807, 2.05) is 24.3 Å². The molecule has 0 spiro atoms. The summed E-state index contributed by atoms with van der Waals surface area (Å²) in [7, 11) is 0. The summed E-state index contributed by atoms with van der Waals surface area (Å²) in [4.78, 5) is 4.39. The van der Waals surface area contributed by atoms with Crippen molar-refractivity contribution in [2.75, 3.05) is 0 Å². The van der Waals surface area contributed by atoms with Crippen molar-refractivity contribution in [3.63, 3.8) is 0 Å². The van der Waals surface area contributed by atoms with E-state index < -0.39 is 0 Å². The first-order chi connectivity index (χ1) is 8.08. The molecule has 1 aromatic heterocycles. The van der Waals surface area contributed by atoms with E-state index in [0.29, 0.717) is 11.1 Å². The SMILES string of the molecule is CC(C)C[C@H](N)c1cc2ccccc2nc1Cl.Cl. The molecule has 18 heavy (non-hydrogen) atoms. The van der Waals surface area contributed by atoms with Gasteiger partial charge in [0.25, 0.3) is 0 Å². The quantitative estimate of drug-likeness (QED) is 0.851. The lowest BCUT2D eigenvalue weighted by Crippen LogP contribution is -2.14. The van der Waals surface area contributed by atoms with Crippen LogP contribution in [-0.2, 0) is 0 Å². The number of hydrogen-bond acceptors (Lipinski definition) is 2. The first-order valence-electron chi connectivity index (χ1n) is 5.88. The lowest BCUT2D eigenvalue weighted by molar-refractivity contribution is 0.509. The fraction of sp³-hybridized carbons (Fsp3) is 0.357. The molecule has 0 saturated heterocycles. The summed E-state index contributed by atoms with van der Waals surface area (Å²) in [5, 5.41) is 1.61. The third-order valence-electron chi connectivity index (χ3n) is 2.83. The van der Waals surface area contributed by atoms with E-state index >= 15 is 0 Å². The molecule has 4 heteroatoms. The first-order valence-corrected chi connectivity index (χ1v) is 6.26. The zero-order valence-electron chi connectivity index (χ0n) is 10.6. The Kier molecular flexibility index (Phi) is 5.39. The predicted octanol–water partition coefficient (Wildman–Crippen LogP) is 4.36. The molecule has 0 fully saturated rings. The second kappa shape index (κ2) is 6.37. The highest BCUT2D eigenvalue weighted by atomic mass is 35.5.